The number of aromatic nitrogens is 4. The third-order valence-corrected chi connectivity index (χ3v) is 9.57. The SMILES string of the molecule is CC(C)(C)C1N(C(=O)O)CC12CN(S(=O)(=O)N(Cc1cn3ccc(-c4nnc(C(F)F)o4)cc3n1)c1ccccc1)C2. The van der Waals surface area contributed by atoms with Crippen LogP contribution in [0.1, 0.15) is 38.8 Å². The van der Waals surface area contributed by atoms with Gasteiger partial charge in [0.25, 0.3) is 5.89 Å². The van der Waals surface area contributed by atoms with E-state index in [4.69, 9.17) is 4.42 Å². The lowest BCUT2D eigenvalue weighted by atomic mass is 9.59. The Labute approximate surface area is 240 Å². The van der Waals surface area contributed by atoms with E-state index in [0.29, 0.717) is 22.6 Å². The van der Waals surface area contributed by atoms with Crippen molar-refractivity contribution >= 4 is 27.6 Å². The van der Waals surface area contributed by atoms with Crippen molar-refractivity contribution in [3.8, 4) is 11.5 Å². The molecule has 3 aromatic heterocycles. The van der Waals surface area contributed by atoms with E-state index in [0.717, 1.165) is 0 Å². The predicted octanol–water partition coefficient (Wildman–Crippen LogP) is 4.28. The van der Waals surface area contributed by atoms with Gasteiger partial charge in [0.2, 0.25) is 5.89 Å². The first-order valence-corrected chi connectivity index (χ1v) is 14.6. The van der Waals surface area contributed by atoms with E-state index in [9.17, 15) is 27.1 Å². The second kappa shape index (κ2) is 9.73. The molecule has 6 rings (SSSR count). The molecule has 1 amide bonds. The number of likely N-dealkylation sites (tertiary alicyclic amines) is 1. The normalized spacial score (nSPS) is 18.8. The first-order chi connectivity index (χ1) is 19.8. The molecule has 1 spiro atoms. The Balaban J connectivity index is 1.27. The maximum Gasteiger partial charge on any atom is 0.407 e. The Kier molecular flexibility index (Phi) is 6.49. The van der Waals surface area contributed by atoms with E-state index < -0.39 is 34.0 Å². The smallest absolute Gasteiger partial charge is 0.407 e. The van der Waals surface area contributed by atoms with Gasteiger partial charge in [-0.05, 0) is 29.7 Å². The molecule has 4 aromatic rings. The lowest BCUT2D eigenvalue weighted by molar-refractivity contribution is -0.160. The Morgan fingerprint density at radius 1 is 1.17 bits per heavy atom. The van der Waals surface area contributed by atoms with Crippen LogP contribution in [0.25, 0.3) is 17.1 Å². The number of pyridine rings is 1. The predicted molar refractivity (Wildman–Crippen MR) is 147 cm³/mol. The first kappa shape index (κ1) is 28.0. The zero-order chi connectivity index (χ0) is 30.0. The van der Waals surface area contributed by atoms with Crippen LogP contribution in [-0.4, -0.2) is 74.1 Å². The summed E-state index contributed by atoms with van der Waals surface area (Å²) in [6, 6.07) is 11.6. The van der Waals surface area contributed by atoms with Gasteiger partial charge in [-0.1, -0.05) is 39.0 Å². The fourth-order valence-corrected chi connectivity index (χ4v) is 8.06. The number of alkyl halides is 2. The van der Waals surface area contributed by atoms with Gasteiger partial charge in [0, 0.05) is 49.0 Å². The Bertz CT molecular complexity index is 1750. The molecule has 42 heavy (non-hydrogen) atoms. The molecular weight excluding hydrogens is 572 g/mol. The van der Waals surface area contributed by atoms with Crippen LogP contribution in [0.4, 0.5) is 19.3 Å². The van der Waals surface area contributed by atoms with E-state index in [1.807, 2.05) is 20.8 Å². The standard InChI is InChI=1S/C27H29F2N7O5S/c1-26(2,3)24-27(16-35(24)25(37)38)14-34(15-27)42(39,40)36(19-7-5-4-6-8-19)13-18-12-33-10-9-17(11-20(33)30-18)22-31-32-23(41-22)21(28)29/h4-12,21,24H,13-16H2,1-3H3,(H,37,38). The van der Waals surface area contributed by atoms with E-state index in [2.05, 4.69) is 15.2 Å². The fraction of sp³-hybridized carbons (Fsp3) is 0.407. The number of rotatable bonds is 7. The Hall–Kier alpha value is -4.11. The van der Waals surface area contributed by atoms with Gasteiger partial charge in [-0.15, -0.1) is 10.2 Å². The molecule has 1 N–H and O–H groups in total. The van der Waals surface area contributed by atoms with E-state index in [1.165, 1.54) is 13.5 Å². The van der Waals surface area contributed by atoms with Crippen LogP contribution in [-0.2, 0) is 16.8 Å². The zero-order valence-electron chi connectivity index (χ0n) is 23.1. The van der Waals surface area contributed by atoms with Gasteiger partial charge in [-0.3, -0.25) is 4.31 Å². The highest BCUT2D eigenvalue weighted by Crippen LogP contribution is 2.53. The average Bonchev–Trinajstić information content (AvgIpc) is 3.52. The highest BCUT2D eigenvalue weighted by atomic mass is 32.2. The van der Waals surface area contributed by atoms with Crippen molar-refractivity contribution in [1.82, 2.24) is 28.8 Å². The number of hydrogen-bond donors (Lipinski definition) is 1. The van der Waals surface area contributed by atoms with Crippen molar-refractivity contribution in [2.45, 2.75) is 39.8 Å². The number of carboxylic acid groups (broad SMARTS) is 1. The summed E-state index contributed by atoms with van der Waals surface area (Å²) in [6.07, 6.45) is -0.561. The summed E-state index contributed by atoms with van der Waals surface area (Å²) in [5.74, 6) is -0.861. The maximum atomic E-state index is 14.0. The quantitative estimate of drug-likeness (QED) is 0.331. The van der Waals surface area contributed by atoms with Gasteiger partial charge >= 0.3 is 22.7 Å². The van der Waals surface area contributed by atoms with Gasteiger partial charge in [-0.2, -0.15) is 21.5 Å². The van der Waals surface area contributed by atoms with Crippen molar-refractivity contribution in [2.24, 2.45) is 10.8 Å². The van der Waals surface area contributed by atoms with Crippen molar-refractivity contribution in [3.05, 3.63) is 66.4 Å². The molecular formula is C27H29F2N7O5S. The van der Waals surface area contributed by atoms with Crippen LogP contribution in [0.2, 0.25) is 0 Å². The molecule has 2 saturated heterocycles. The second-order valence-electron chi connectivity index (χ2n) is 11.8. The summed E-state index contributed by atoms with van der Waals surface area (Å²) in [4.78, 5) is 17.8. The maximum absolute atomic E-state index is 14.0. The van der Waals surface area contributed by atoms with Crippen molar-refractivity contribution < 1.29 is 31.5 Å². The van der Waals surface area contributed by atoms with Gasteiger partial charge < -0.3 is 18.8 Å². The molecule has 5 heterocycles. The van der Waals surface area contributed by atoms with Crippen molar-refractivity contribution in [3.63, 3.8) is 0 Å². The van der Waals surface area contributed by atoms with Crippen LogP contribution in [0.3, 0.4) is 0 Å². The number of halogens is 2. The fourth-order valence-electron chi connectivity index (χ4n) is 6.26. The van der Waals surface area contributed by atoms with Crippen LogP contribution < -0.4 is 4.31 Å². The number of benzene rings is 1. The summed E-state index contributed by atoms with van der Waals surface area (Å²) >= 11 is 0. The molecule has 1 unspecified atom stereocenters. The summed E-state index contributed by atoms with van der Waals surface area (Å²) in [5, 5.41) is 16.7. The monoisotopic (exact) mass is 601 g/mol. The number of nitrogens with zero attached hydrogens (tertiary/aromatic N) is 7. The minimum absolute atomic E-state index is 0.0765. The molecule has 0 radical (unpaired) electrons. The largest absolute Gasteiger partial charge is 0.465 e. The number of para-hydroxylation sites is 1. The lowest BCUT2D eigenvalue weighted by Gasteiger charge is -2.67. The molecule has 15 heteroatoms. The van der Waals surface area contributed by atoms with E-state index in [-0.39, 0.29) is 43.5 Å². The topological polar surface area (TPSA) is 137 Å². The molecule has 1 aromatic carbocycles. The van der Waals surface area contributed by atoms with Gasteiger partial charge in [0.1, 0.15) is 5.65 Å². The van der Waals surface area contributed by atoms with Gasteiger partial charge in [0.05, 0.1) is 17.9 Å². The van der Waals surface area contributed by atoms with E-state index >= 15 is 0 Å². The third kappa shape index (κ3) is 4.65. The first-order valence-electron chi connectivity index (χ1n) is 13.2. The van der Waals surface area contributed by atoms with Crippen molar-refractivity contribution in [2.75, 3.05) is 23.9 Å². The molecule has 0 bridgehead atoms. The molecule has 2 aliphatic heterocycles. The second-order valence-corrected chi connectivity index (χ2v) is 13.7. The summed E-state index contributed by atoms with van der Waals surface area (Å²) in [7, 11) is -4.02. The van der Waals surface area contributed by atoms with Crippen LogP contribution in [0.5, 0.6) is 0 Å². The molecule has 2 fully saturated rings. The van der Waals surface area contributed by atoms with Gasteiger partial charge in [0.15, 0.2) is 0 Å². The molecule has 1 atom stereocenters. The molecule has 12 nitrogen and oxygen atoms in total. The Morgan fingerprint density at radius 2 is 1.88 bits per heavy atom. The summed E-state index contributed by atoms with van der Waals surface area (Å²) in [5.41, 5.74) is 0.926. The lowest BCUT2D eigenvalue weighted by Crippen LogP contribution is -2.81. The van der Waals surface area contributed by atoms with Gasteiger partial charge in [-0.25, -0.2) is 9.78 Å². The zero-order valence-corrected chi connectivity index (χ0v) is 23.9. The molecule has 0 aliphatic carbocycles. The summed E-state index contributed by atoms with van der Waals surface area (Å²) < 4.78 is 63.2. The highest BCUT2D eigenvalue weighted by Gasteiger charge is 2.66. The number of amides is 1. The molecule has 2 aliphatic rings. The number of imidazole rings is 1. The Morgan fingerprint density at radius 3 is 2.50 bits per heavy atom. The number of hydrogen-bond acceptors (Lipinski definition) is 7. The van der Waals surface area contributed by atoms with Crippen LogP contribution in [0, 0.1) is 10.8 Å². The number of fused-ring (bicyclic) bond motifs is 1. The minimum atomic E-state index is -4.02. The van der Waals surface area contributed by atoms with E-state index in [1.54, 1.807) is 59.3 Å². The third-order valence-electron chi connectivity index (χ3n) is 7.76. The minimum Gasteiger partial charge on any atom is -0.465 e. The van der Waals surface area contributed by atoms with Crippen LogP contribution in [0.15, 0.2) is 59.3 Å². The van der Waals surface area contributed by atoms with Crippen LogP contribution >= 0.6 is 0 Å². The summed E-state index contributed by atoms with van der Waals surface area (Å²) in [6.45, 7) is 6.53. The molecule has 0 saturated carbocycles. The number of carbonyl (C=O) groups is 1. The molecule has 222 valence electrons. The van der Waals surface area contributed by atoms with Crippen molar-refractivity contribution in [1.29, 1.82) is 0 Å². The highest BCUT2D eigenvalue weighted by molar-refractivity contribution is 7.90. The average molecular weight is 602 g/mol. The number of anilines is 1.